The number of nitrogens with zero attached hydrogens (tertiary/aromatic N) is 6. The predicted molar refractivity (Wildman–Crippen MR) is 109 cm³/mol. The molecule has 0 amide bonds. The lowest BCUT2D eigenvalue weighted by molar-refractivity contribution is 0.271. The number of aliphatic hydroxyl groups is 1. The van der Waals surface area contributed by atoms with Crippen molar-refractivity contribution in [1.82, 2.24) is 28.7 Å². The van der Waals surface area contributed by atoms with Crippen molar-refractivity contribution < 1.29 is 5.11 Å². The first-order valence-corrected chi connectivity index (χ1v) is 10.2. The van der Waals surface area contributed by atoms with Crippen LogP contribution >= 0.6 is 0 Å². The summed E-state index contributed by atoms with van der Waals surface area (Å²) in [4.78, 5) is 22.7. The van der Waals surface area contributed by atoms with Crippen LogP contribution in [0.4, 0.5) is 0 Å². The van der Waals surface area contributed by atoms with Crippen LogP contribution in [0.5, 0.6) is 0 Å². The molecule has 1 aliphatic rings. The van der Waals surface area contributed by atoms with Crippen LogP contribution in [0.15, 0.2) is 35.1 Å². The average molecular weight is 392 g/mol. The van der Waals surface area contributed by atoms with Crippen LogP contribution in [0.2, 0.25) is 0 Å². The van der Waals surface area contributed by atoms with Gasteiger partial charge in [0.25, 0.3) is 5.56 Å². The Bertz CT molecular complexity index is 1230. The highest BCUT2D eigenvalue weighted by atomic mass is 16.3. The van der Waals surface area contributed by atoms with Crippen LogP contribution in [0, 0.1) is 0 Å². The van der Waals surface area contributed by atoms with Crippen molar-refractivity contribution in [3.63, 3.8) is 0 Å². The maximum atomic E-state index is 13.5. The molecule has 0 spiro atoms. The maximum Gasteiger partial charge on any atom is 0.281 e. The molecule has 1 N–H and O–H groups in total. The van der Waals surface area contributed by atoms with E-state index in [1.807, 2.05) is 25.1 Å². The van der Waals surface area contributed by atoms with E-state index < -0.39 is 0 Å². The molecule has 4 aromatic rings. The molecule has 0 atom stereocenters. The molecule has 150 valence electrons. The van der Waals surface area contributed by atoms with E-state index in [1.165, 1.54) is 12.8 Å². The van der Waals surface area contributed by atoms with E-state index in [-0.39, 0.29) is 12.2 Å². The number of aliphatic hydroxyl groups excluding tert-OH is 1. The molecule has 5 rings (SSSR count). The van der Waals surface area contributed by atoms with Crippen LogP contribution < -0.4 is 5.56 Å². The van der Waals surface area contributed by atoms with Gasteiger partial charge in [-0.25, -0.2) is 4.98 Å². The number of hydrogen-bond donors (Lipinski definition) is 1. The number of rotatable bonds is 5. The molecule has 0 unspecified atom stereocenters. The number of aromatic nitrogens is 6. The number of aryl methyl sites for hydroxylation is 1. The second-order valence-electron chi connectivity index (χ2n) is 7.64. The Morgan fingerprint density at radius 2 is 1.86 bits per heavy atom. The van der Waals surface area contributed by atoms with Crippen molar-refractivity contribution in [3.8, 4) is 0 Å². The quantitative estimate of drug-likeness (QED) is 0.563. The first-order chi connectivity index (χ1) is 14.2. The molecule has 1 aliphatic carbocycles. The molecule has 3 aromatic heterocycles. The molecule has 8 heteroatoms. The summed E-state index contributed by atoms with van der Waals surface area (Å²) in [6, 6.07) is 10.2. The summed E-state index contributed by atoms with van der Waals surface area (Å²) in [5.74, 6) is 2.02. The van der Waals surface area contributed by atoms with Gasteiger partial charge in [0.2, 0.25) is 5.78 Å². The molecule has 1 fully saturated rings. The molecule has 1 aromatic carbocycles. The van der Waals surface area contributed by atoms with Crippen molar-refractivity contribution in [2.45, 2.75) is 58.2 Å². The normalized spacial score (nSPS) is 15.1. The average Bonchev–Trinajstić information content (AvgIpc) is 3.47. The molecule has 1 saturated carbocycles. The number of benzene rings is 1. The van der Waals surface area contributed by atoms with Crippen molar-refractivity contribution in [2.24, 2.45) is 0 Å². The molecule has 3 heterocycles. The Morgan fingerprint density at radius 3 is 2.55 bits per heavy atom. The summed E-state index contributed by atoms with van der Waals surface area (Å²) >= 11 is 0. The smallest absolute Gasteiger partial charge is 0.281 e. The topological polar surface area (TPSA) is 90.2 Å². The van der Waals surface area contributed by atoms with Gasteiger partial charge in [0, 0.05) is 19.0 Å². The van der Waals surface area contributed by atoms with Gasteiger partial charge in [-0.2, -0.15) is 9.50 Å². The van der Waals surface area contributed by atoms with Crippen LogP contribution in [0.25, 0.3) is 16.9 Å². The van der Waals surface area contributed by atoms with E-state index in [4.69, 9.17) is 4.98 Å². The number of imidazole rings is 1. The van der Waals surface area contributed by atoms with E-state index in [2.05, 4.69) is 26.8 Å². The van der Waals surface area contributed by atoms with Crippen LogP contribution in [-0.4, -0.2) is 33.8 Å². The second-order valence-corrected chi connectivity index (χ2v) is 7.64. The monoisotopic (exact) mass is 392 g/mol. The summed E-state index contributed by atoms with van der Waals surface area (Å²) < 4.78 is 5.30. The van der Waals surface area contributed by atoms with Gasteiger partial charge in [0.1, 0.15) is 12.4 Å². The molecule has 8 nitrogen and oxygen atoms in total. The zero-order valence-corrected chi connectivity index (χ0v) is 16.5. The fraction of sp³-hybridized carbons (Fsp3) is 0.429. The lowest BCUT2D eigenvalue weighted by Gasteiger charge is -2.13. The third-order valence-electron chi connectivity index (χ3n) is 5.86. The fourth-order valence-electron chi connectivity index (χ4n) is 4.47. The van der Waals surface area contributed by atoms with E-state index >= 15 is 0 Å². The van der Waals surface area contributed by atoms with Gasteiger partial charge < -0.3 is 9.67 Å². The van der Waals surface area contributed by atoms with E-state index in [0.29, 0.717) is 41.8 Å². The van der Waals surface area contributed by atoms with Crippen molar-refractivity contribution in [2.75, 3.05) is 0 Å². The summed E-state index contributed by atoms with van der Waals surface area (Å²) in [6.45, 7) is 2.70. The van der Waals surface area contributed by atoms with Crippen LogP contribution in [0.1, 0.15) is 55.7 Å². The summed E-state index contributed by atoms with van der Waals surface area (Å²) in [5.41, 5.74) is 2.10. The summed E-state index contributed by atoms with van der Waals surface area (Å²) in [7, 11) is 0. The number of hydrogen-bond acceptors (Lipinski definition) is 5. The van der Waals surface area contributed by atoms with Gasteiger partial charge in [-0.05, 0) is 25.3 Å². The molecular formula is C21H24N6O2. The lowest BCUT2D eigenvalue weighted by atomic mass is 10.1. The van der Waals surface area contributed by atoms with Gasteiger partial charge in [0.05, 0.1) is 0 Å². The first-order valence-electron chi connectivity index (χ1n) is 10.2. The lowest BCUT2D eigenvalue weighted by Crippen LogP contribution is -2.25. The Balaban J connectivity index is 1.84. The Labute approximate surface area is 167 Å². The summed E-state index contributed by atoms with van der Waals surface area (Å²) in [5, 5.41) is 13.9. The van der Waals surface area contributed by atoms with E-state index in [0.717, 1.165) is 24.2 Å². The third-order valence-corrected chi connectivity index (χ3v) is 5.86. The zero-order valence-electron chi connectivity index (χ0n) is 16.5. The maximum absolute atomic E-state index is 13.5. The third kappa shape index (κ3) is 2.86. The Hall–Kier alpha value is -3.00. The van der Waals surface area contributed by atoms with E-state index in [1.54, 1.807) is 9.08 Å². The Morgan fingerprint density at radius 1 is 1.10 bits per heavy atom. The van der Waals surface area contributed by atoms with Gasteiger partial charge in [-0.15, -0.1) is 5.10 Å². The highest BCUT2D eigenvalue weighted by molar-refractivity contribution is 5.74. The minimum absolute atomic E-state index is 0.112. The number of fused-ring (bicyclic) bond motifs is 3. The highest BCUT2D eigenvalue weighted by Crippen LogP contribution is 2.35. The van der Waals surface area contributed by atoms with Crippen molar-refractivity contribution >= 4 is 16.9 Å². The first kappa shape index (κ1) is 18.1. The molecule has 0 aliphatic heterocycles. The predicted octanol–water partition coefficient (Wildman–Crippen LogP) is 2.46. The fourth-order valence-corrected chi connectivity index (χ4v) is 4.47. The van der Waals surface area contributed by atoms with Crippen molar-refractivity contribution in [3.05, 3.63) is 57.9 Å². The van der Waals surface area contributed by atoms with Crippen LogP contribution in [-0.2, 0) is 19.7 Å². The van der Waals surface area contributed by atoms with Gasteiger partial charge >= 0.3 is 0 Å². The van der Waals surface area contributed by atoms with Gasteiger partial charge in [-0.1, -0.05) is 43.2 Å². The second kappa shape index (κ2) is 7.11. The SMILES string of the molecule is CCn1c(=O)c2c(nc(C3CCCC3)n2Cc2ccccc2)n2nc(CO)nc12. The molecule has 29 heavy (non-hydrogen) atoms. The largest absolute Gasteiger partial charge is 0.388 e. The summed E-state index contributed by atoms with van der Waals surface area (Å²) in [6.07, 6.45) is 4.54. The van der Waals surface area contributed by atoms with Gasteiger partial charge in [0.15, 0.2) is 17.0 Å². The van der Waals surface area contributed by atoms with Crippen molar-refractivity contribution in [1.29, 1.82) is 0 Å². The van der Waals surface area contributed by atoms with Gasteiger partial charge in [-0.3, -0.25) is 9.36 Å². The molecule has 0 saturated heterocycles. The standard InChI is InChI=1S/C21H24N6O2/c1-2-25-20(29)17-19(27-21(25)22-16(13-28)24-27)23-18(15-10-6-7-11-15)26(17)12-14-8-4-3-5-9-14/h3-5,8-9,15,28H,2,6-7,10-13H2,1H3. The highest BCUT2D eigenvalue weighted by Gasteiger charge is 2.27. The van der Waals surface area contributed by atoms with E-state index in [9.17, 15) is 9.90 Å². The molecule has 0 bridgehead atoms. The zero-order chi connectivity index (χ0) is 20.0. The minimum Gasteiger partial charge on any atom is -0.388 e. The molecule has 0 radical (unpaired) electrons. The Kier molecular flexibility index (Phi) is 4.43. The minimum atomic E-state index is -0.277. The molecular weight excluding hydrogens is 368 g/mol. The van der Waals surface area contributed by atoms with Crippen LogP contribution in [0.3, 0.4) is 0 Å².